The molecule has 0 saturated heterocycles. The molecule has 2 aromatic carbocycles. The van der Waals surface area contributed by atoms with Crippen molar-refractivity contribution in [2.24, 2.45) is 0 Å². The normalized spacial score (nSPS) is 11.4. The van der Waals surface area contributed by atoms with Crippen LogP contribution in [0.4, 0.5) is 0 Å². The molecular formula is C17H13NSe. The monoisotopic (exact) mass is 311 g/mol. The van der Waals surface area contributed by atoms with E-state index in [1.54, 1.807) is 6.08 Å². The Morgan fingerprint density at radius 2 is 1.58 bits per heavy atom. The van der Waals surface area contributed by atoms with Crippen LogP contribution < -0.4 is 4.46 Å². The summed E-state index contributed by atoms with van der Waals surface area (Å²) >= 11 is 0.213. The first-order valence-electron chi connectivity index (χ1n) is 5.94. The molecule has 0 amide bonds. The maximum atomic E-state index is 8.69. The second-order valence-corrected chi connectivity index (χ2v) is 6.24. The molecule has 0 aliphatic carbocycles. The zero-order chi connectivity index (χ0) is 13.3. The first-order chi connectivity index (χ1) is 9.38. The van der Waals surface area contributed by atoms with E-state index in [0.717, 1.165) is 5.56 Å². The summed E-state index contributed by atoms with van der Waals surface area (Å²) in [5.41, 5.74) is 1.16. The zero-order valence-electron chi connectivity index (χ0n) is 10.4. The fraction of sp³-hybridized carbons (Fsp3) is 0. The molecule has 2 heteroatoms. The van der Waals surface area contributed by atoms with Gasteiger partial charge in [-0.25, -0.2) is 0 Å². The second-order valence-electron chi connectivity index (χ2n) is 3.83. The molecule has 0 atom stereocenters. The van der Waals surface area contributed by atoms with Crippen molar-refractivity contribution < 1.29 is 0 Å². The molecule has 0 radical (unpaired) electrons. The molecule has 0 aromatic heterocycles. The molecule has 0 saturated carbocycles. The predicted octanol–water partition coefficient (Wildman–Crippen LogP) is 3.14. The number of rotatable bonds is 4. The molecule has 0 spiro atoms. The quantitative estimate of drug-likeness (QED) is 0.483. The van der Waals surface area contributed by atoms with Gasteiger partial charge in [-0.2, -0.15) is 0 Å². The van der Waals surface area contributed by atoms with Crippen molar-refractivity contribution in [3.8, 4) is 6.07 Å². The molecule has 1 nitrogen and oxygen atoms in total. The number of benzene rings is 2. The summed E-state index contributed by atoms with van der Waals surface area (Å²) in [6, 6.07) is 22.6. The van der Waals surface area contributed by atoms with Crippen LogP contribution in [-0.2, 0) is 0 Å². The van der Waals surface area contributed by atoms with Crippen molar-refractivity contribution in [1.82, 2.24) is 0 Å². The summed E-state index contributed by atoms with van der Waals surface area (Å²) in [5.74, 6) is 0. The van der Waals surface area contributed by atoms with Crippen molar-refractivity contribution in [3.05, 3.63) is 82.9 Å². The van der Waals surface area contributed by atoms with Gasteiger partial charge in [0.25, 0.3) is 0 Å². The first kappa shape index (κ1) is 13.4. The van der Waals surface area contributed by atoms with Crippen molar-refractivity contribution in [1.29, 1.82) is 5.26 Å². The minimum absolute atomic E-state index is 0.213. The Labute approximate surface area is 120 Å². The molecule has 2 aromatic rings. The van der Waals surface area contributed by atoms with Crippen LogP contribution >= 0.6 is 0 Å². The van der Waals surface area contributed by atoms with E-state index in [9.17, 15) is 0 Å². The van der Waals surface area contributed by atoms with Crippen LogP contribution in [0.2, 0.25) is 0 Å². The Kier molecular flexibility index (Phi) is 5.19. The summed E-state index contributed by atoms with van der Waals surface area (Å²) in [6.45, 7) is 0. The molecule has 0 aliphatic heterocycles. The van der Waals surface area contributed by atoms with Crippen LogP contribution in [0.1, 0.15) is 5.56 Å². The zero-order valence-corrected chi connectivity index (χ0v) is 12.1. The molecule has 19 heavy (non-hydrogen) atoms. The van der Waals surface area contributed by atoms with Gasteiger partial charge in [0.05, 0.1) is 0 Å². The maximum absolute atomic E-state index is 8.69. The van der Waals surface area contributed by atoms with Gasteiger partial charge in [0.15, 0.2) is 0 Å². The Hall–Kier alpha value is -2.07. The van der Waals surface area contributed by atoms with Crippen LogP contribution in [-0.4, -0.2) is 15.0 Å². The summed E-state index contributed by atoms with van der Waals surface area (Å²) in [4.78, 5) is 0. The van der Waals surface area contributed by atoms with Gasteiger partial charge < -0.3 is 0 Å². The van der Waals surface area contributed by atoms with Gasteiger partial charge >= 0.3 is 120 Å². The third-order valence-corrected chi connectivity index (χ3v) is 4.50. The van der Waals surface area contributed by atoms with E-state index in [-0.39, 0.29) is 15.0 Å². The third-order valence-electron chi connectivity index (χ3n) is 2.41. The molecule has 0 N–H and O–H groups in total. The Balaban J connectivity index is 2.24. The first-order valence-corrected chi connectivity index (χ1v) is 7.65. The van der Waals surface area contributed by atoms with E-state index >= 15 is 0 Å². The molecule has 0 heterocycles. The summed E-state index contributed by atoms with van der Waals surface area (Å²) < 4.78 is 2.49. The van der Waals surface area contributed by atoms with Crippen LogP contribution in [0.25, 0.3) is 6.08 Å². The van der Waals surface area contributed by atoms with Crippen LogP contribution in [0.3, 0.4) is 0 Å². The SMILES string of the molecule is N#C/C=C/C(=C/c1ccccc1)[Se]c1ccccc1. The number of hydrogen-bond acceptors (Lipinski definition) is 1. The standard InChI is InChI=1S/C17H13NSe/c18-13-7-12-17(14-15-8-3-1-4-9-15)19-16-10-5-2-6-11-16/h1-12,14H/b12-7+,17-14-. The summed E-state index contributed by atoms with van der Waals surface area (Å²) in [5, 5.41) is 8.69. The number of allylic oxidation sites excluding steroid dienone is 3. The summed E-state index contributed by atoms with van der Waals surface area (Å²) in [6.07, 6.45) is 5.58. The Morgan fingerprint density at radius 3 is 2.21 bits per heavy atom. The van der Waals surface area contributed by atoms with E-state index in [2.05, 4.69) is 36.4 Å². The van der Waals surface area contributed by atoms with Crippen molar-refractivity contribution >= 4 is 25.5 Å². The van der Waals surface area contributed by atoms with Crippen LogP contribution in [0.15, 0.2) is 77.3 Å². The Bertz CT molecular complexity index is 607. The van der Waals surface area contributed by atoms with Gasteiger partial charge in [-0.15, -0.1) is 0 Å². The van der Waals surface area contributed by atoms with Crippen LogP contribution in [0.5, 0.6) is 0 Å². The number of nitrogens with zero attached hydrogens (tertiary/aromatic N) is 1. The van der Waals surface area contributed by atoms with Crippen molar-refractivity contribution in [3.63, 3.8) is 0 Å². The molecule has 0 fully saturated rings. The van der Waals surface area contributed by atoms with Gasteiger partial charge in [-0.1, -0.05) is 0 Å². The predicted molar refractivity (Wildman–Crippen MR) is 81.0 cm³/mol. The summed E-state index contributed by atoms with van der Waals surface area (Å²) in [7, 11) is 0. The molecule has 92 valence electrons. The average Bonchev–Trinajstić information content (AvgIpc) is 2.47. The van der Waals surface area contributed by atoms with Gasteiger partial charge in [0, 0.05) is 0 Å². The van der Waals surface area contributed by atoms with Crippen LogP contribution in [0, 0.1) is 11.3 Å². The fourth-order valence-electron chi connectivity index (χ4n) is 1.57. The van der Waals surface area contributed by atoms with Crippen molar-refractivity contribution in [2.75, 3.05) is 0 Å². The van der Waals surface area contributed by atoms with E-state index in [1.165, 1.54) is 8.93 Å². The van der Waals surface area contributed by atoms with Gasteiger partial charge in [-0.05, 0) is 0 Å². The fourth-order valence-corrected chi connectivity index (χ4v) is 3.45. The molecule has 0 bridgehead atoms. The van der Waals surface area contributed by atoms with E-state index in [0.29, 0.717) is 0 Å². The average molecular weight is 310 g/mol. The Morgan fingerprint density at radius 1 is 0.947 bits per heavy atom. The van der Waals surface area contributed by atoms with Gasteiger partial charge in [0.2, 0.25) is 0 Å². The molecular weight excluding hydrogens is 297 g/mol. The number of nitriles is 1. The molecule has 2 rings (SSSR count). The van der Waals surface area contributed by atoms with Gasteiger partial charge in [0.1, 0.15) is 0 Å². The third kappa shape index (κ3) is 4.60. The minimum atomic E-state index is 0.213. The van der Waals surface area contributed by atoms with Gasteiger partial charge in [-0.3, -0.25) is 0 Å². The molecule has 0 unspecified atom stereocenters. The van der Waals surface area contributed by atoms with E-state index < -0.39 is 0 Å². The van der Waals surface area contributed by atoms with Crippen molar-refractivity contribution in [2.45, 2.75) is 0 Å². The van der Waals surface area contributed by atoms with E-state index in [4.69, 9.17) is 5.26 Å². The van der Waals surface area contributed by atoms with E-state index in [1.807, 2.05) is 42.5 Å². The topological polar surface area (TPSA) is 23.8 Å². The second kappa shape index (κ2) is 7.38. The number of hydrogen-bond donors (Lipinski definition) is 0. The molecule has 0 aliphatic rings.